The van der Waals surface area contributed by atoms with Crippen LogP contribution in [0.2, 0.25) is 0 Å². The molecule has 0 saturated carbocycles. The van der Waals surface area contributed by atoms with Gasteiger partial charge in [-0.25, -0.2) is 4.79 Å². The van der Waals surface area contributed by atoms with Gasteiger partial charge in [-0.1, -0.05) is 48.5 Å². The smallest absolute Gasteiger partial charge is 0.408 e. The molecule has 0 saturated heterocycles. The Morgan fingerprint density at radius 2 is 1.48 bits per heavy atom. The van der Waals surface area contributed by atoms with Crippen molar-refractivity contribution in [1.29, 1.82) is 0 Å². The Labute approximate surface area is 248 Å². The minimum atomic E-state index is -1.01. The highest BCUT2D eigenvalue weighted by Crippen LogP contribution is 2.17. The van der Waals surface area contributed by atoms with E-state index in [9.17, 15) is 14.7 Å². The number of aromatic nitrogens is 1. The van der Waals surface area contributed by atoms with Gasteiger partial charge < -0.3 is 25.2 Å². The van der Waals surface area contributed by atoms with E-state index in [0.29, 0.717) is 12.4 Å². The number of amides is 2. The van der Waals surface area contributed by atoms with Crippen LogP contribution in [0, 0.1) is 0 Å². The Morgan fingerprint density at radius 3 is 2.07 bits per heavy atom. The number of aliphatic imine (C=N–C) groups is 1. The third-order valence-electron chi connectivity index (χ3n) is 5.84. The van der Waals surface area contributed by atoms with Crippen molar-refractivity contribution in [3.05, 3.63) is 95.8 Å². The Balaban J connectivity index is 1.78. The lowest BCUT2D eigenvalue weighted by Gasteiger charge is -2.30. The summed E-state index contributed by atoms with van der Waals surface area (Å²) in [5, 5.41) is 18.8. The van der Waals surface area contributed by atoms with E-state index in [-0.39, 0.29) is 12.8 Å². The highest BCUT2D eigenvalue weighted by molar-refractivity contribution is 5.90. The van der Waals surface area contributed by atoms with Crippen LogP contribution >= 0.6 is 0 Å². The van der Waals surface area contributed by atoms with Crippen molar-refractivity contribution in [1.82, 2.24) is 15.6 Å². The molecule has 0 spiro atoms. The third-order valence-corrected chi connectivity index (χ3v) is 5.84. The lowest BCUT2D eigenvalue weighted by molar-refractivity contribution is -0.222. The van der Waals surface area contributed by atoms with Crippen LogP contribution in [-0.2, 0) is 29.0 Å². The van der Waals surface area contributed by atoms with Crippen LogP contribution in [0.3, 0.4) is 0 Å². The van der Waals surface area contributed by atoms with Crippen LogP contribution in [0.1, 0.15) is 58.2 Å². The molecule has 1 aromatic heterocycles. The highest BCUT2D eigenvalue weighted by Gasteiger charge is 2.27. The van der Waals surface area contributed by atoms with Gasteiger partial charge in [-0.3, -0.25) is 14.8 Å². The van der Waals surface area contributed by atoms with E-state index in [0.717, 1.165) is 16.7 Å². The summed E-state index contributed by atoms with van der Waals surface area (Å²) in [5.74, 6) is -0.306. The lowest BCUT2D eigenvalue weighted by Crippen LogP contribution is -2.55. The standard InChI is InChI=1S/C33H42N4O5/c1-32(2,3)37-30(39)28(19-23-14-16-26(17-15-23)41-22-24-11-8-7-9-12-24)35-29(38)27(20-25-13-10-18-34-21-25)36-31(40)42-33(4,5)6/h7-18,21,27-28H,19-20,22H2,1-6H3,(H,35,38)(H,36,40)(H,37,39)/p-1/t27-,28?/m0/s1. The van der Waals surface area contributed by atoms with E-state index in [4.69, 9.17) is 9.47 Å². The molecule has 0 radical (unpaired) electrons. The maximum atomic E-state index is 13.6. The summed E-state index contributed by atoms with van der Waals surface area (Å²) in [4.78, 5) is 34.6. The van der Waals surface area contributed by atoms with Gasteiger partial charge in [-0.2, -0.15) is 0 Å². The Hall–Kier alpha value is -4.40. The molecular weight excluding hydrogens is 532 g/mol. The van der Waals surface area contributed by atoms with Gasteiger partial charge in [0.2, 0.25) is 5.91 Å². The molecule has 1 unspecified atom stereocenters. The quantitative estimate of drug-likeness (QED) is 0.259. The van der Waals surface area contributed by atoms with Gasteiger partial charge in [-0.05, 0) is 88.8 Å². The molecule has 42 heavy (non-hydrogen) atoms. The normalized spacial score (nSPS) is 13.5. The van der Waals surface area contributed by atoms with Crippen molar-refractivity contribution in [3.63, 3.8) is 0 Å². The number of carbonyl (C=O) groups excluding carboxylic acids is 2. The Kier molecular flexibility index (Phi) is 11.1. The SMILES string of the molecule is CC(C)(C)N=C([O-])C(Cc1ccc(OCc2ccccc2)cc1)NC(=O)[C@H](Cc1cccnc1)NC(=O)OC(C)(C)C. The fourth-order valence-electron chi connectivity index (χ4n) is 3.99. The van der Waals surface area contributed by atoms with E-state index < -0.39 is 41.1 Å². The van der Waals surface area contributed by atoms with Crippen molar-refractivity contribution >= 4 is 17.9 Å². The van der Waals surface area contributed by atoms with Gasteiger partial charge in [0.1, 0.15) is 24.0 Å². The molecule has 2 atom stereocenters. The first-order chi connectivity index (χ1) is 19.8. The van der Waals surface area contributed by atoms with Crippen molar-refractivity contribution < 1.29 is 24.2 Å². The first-order valence-electron chi connectivity index (χ1n) is 14.0. The molecule has 3 aromatic rings. The zero-order chi connectivity index (χ0) is 30.8. The second-order valence-electron chi connectivity index (χ2n) is 12.1. The third kappa shape index (κ3) is 11.6. The number of nitrogens with one attached hydrogen (secondary N) is 2. The number of pyridine rings is 1. The number of hydrogen-bond donors (Lipinski definition) is 2. The number of nitrogens with zero attached hydrogens (tertiary/aromatic N) is 2. The van der Waals surface area contributed by atoms with Crippen LogP contribution in [0.5, 0.6) is 5.75 Å². The van der Waals surface area contributed by atoms with Gasteiger partial charge in [-0.15, -0.1) is 0 Å². The topological polar surface area (TPSA) is 125 Å². The van der Waals surface area contributed by atoms with Crippen LogP contribution in [-0.4, -0.2) is 46.1 Å². The summed E-state index contributed by atoms with van der Waals surface area (Å²) in [6, 6.07) is 18.8. The highest BCUT2D eigenvalue weighted by atomic mass is 16.6. The van der Waals surface area contributed by atoms with Crippen molar-refractivity contribution in [3.8, 4) is 5.75 Å². The largest absolute Gasteiger partial charge is 0.861 e. The summed E-state index contributed by atoms with van der Waals surface area (Å²) < 4.78 is 11.3. The van der Waals surface area contributed by atoms with E-state index >= 15 is 0 Å². The number of benzene rings is 2. The summed E-state index contributed by atoms with van der Waals surface area (Å²) in [6.07, 6.45) is 2.87. The number of ether oxygens (including phenoxy) is 2. The molecule has 2 aromatic carbocycles. The van der Waals surface area contributed by atoms with Gasteiger partial charge in [0.05, 0.1) is 11.6 Å². The maximum absolute atomic E-state index is 13.6. The van der Waals surface area contributed by atoms with Gasteiger partial charge >= 0.3 is 6.09 Å². The van der Waals surface area contributed by atoms with Gasteiger partial charge in [0.25, 0.3) is 0 Å². The number of carbonyl (C=O) groups is 2. The fourth-order valence-corrected chi connectivity index (χ4v) is 3.99. The van der Waals surface area contributed by atoms with Crippen molar-refractivity contribution in [2.24, 2.45) is 4.99 Å². The van der Waals surface area contributed by atoms with Crippen molar-refractivity contribution in [2.45, 2.75) is 84.2 Å². The molecule has 2 N–H and O–H groups in total. The van der Waals surface area contributed by atoms with Crippen molar-refractivity contribution in [2.75, 3.05) is 0 Å². The lowest BCUT2D eigenvalue weighted by atomic mass is 10.0. The van der Waals surface area contributed by atoms with E-state index in [2.05, 4.69) is 20.6 Å². The first kappa shape index (κ1) is 32.1. The molecule has 3 rings (SSSR count). The van der Waals surface area contributed by atoms with Gasteiger partial charge in [0.15, 0.2) is 0 Å². The molecule has 1 heterocycles. The molecule has 9 heteroatoms. The average Bonchev–Trinajstić information content (AvgIpc) is 2.91. The molecule has 0 aliphatic rings. The second-order valence-corrected chi connectivity index (χ2v) is 12.1. The number of rotatable bonds is 11. The number of hydrogen-bond acceptors (Lipinski definition) is 7. The molecule has 2 amide bonds. The summed E-state index contributed by atoms with van der Waals surface area (Å²) in [6.45, 7) is 11.1. The summed E-state index contributed by atoms with van der Waals surface area (Å²) in [5.41, 5.74) is 1.22. The average molecular weight is 574 g/mol. The van der Waals surface area contributed by atoms with Crippen LogP contribution < -0.4 is 20.5 Å². The van der Waals surface area contributed by atoms with E-state index in [1.54, 1.807) is 39.2 Å². The fraction of sp³-hybridized carbons (Fsp3) is 0.394. The summed E-state index contributed by atoms with van der Waals surface area (Å²) in [7, 11) is 0. The Morgan fingerprint density at radius 1 is 0.833 bits per heavy atom. The summed E-state index contributed by atoms with van der Waals surface area (Å²) >= 11 is 0. The molecular formula is C33H41N4O5-. The zero-order valence-corrected chi connectivity index (χ0v) is 25.2. The van der Waals surface area contributed by atoms with E-state index in [1.807, 2.05) is 81.4 Å². The predicted molar refractivity (Wildman–Crippen MR) is 161 cm³/mol. The molecule has 0 fully saturated rings. The molecule has 224 valence electrons. The van der Waals surface area contributed by atoms with Gasteiger partial charge in [0, 0.05) is 18.8 Å². The van der Waals surface area contributed by atoms with E-state index in [1.165, 1.54) is 0 Å². The number of alkyl carbamates (subject to hydrolysis) is 1. The molecule has 9 nitrogen and oxygen atoms in total. The minimum absolute atomic E-state index is 0.156. The Bertz CT molecular complexity index is 1310. The molecule has 0 bridgehead atoms. The molecule has 0 aliphatic heterocycles. The first-order valence-corrected chi connectivity index (χ1v) is 14.0. The molecule has 0 aliphatic carbocycles. The van der Waals surface area contributed by atoms with Crippen LogP contribution in [0.4, 0.5) is 4.79 Å². The van der Waals surface area contributed by atoms with Crippen LogP contribution in [0.15, 0.2) is 84.1 Å². The zero-order valence-electron chi connectivity index (χ0n) is 25.2. The maximum Gasteiger partial charge on any atom is 0.408 e. The minimum Gasteiger partial charge on any atom is -0.861 e. The van der Waals surface area contributed by atoms with Crippen LogP contribution in [0.25, 0.3) is 0 Å². The monoisotopic (exact) mass is 573 g/mol. The second kappa shape index (κ2) is 14.5. The predicted octanol–water partition coefficient (Wildman–Crippen LogP) is 4.38.